The molecule has 0 aromatic heterocycles. The van der Waals surface area contributed by atoms with Crippen LogP contribution in [-0.2, 0) is 21.1 Å². The van der Waals surface area contributed by atoms with E-state index in [0.29, 0.717) is 5.75 Å². The van der Waals surface area contributed by atoms with Gasteiger partial charge in [-0.1, -0.05) is 30.5 Å². The predicted molar refractivity (Wildman–Crippen MR) is 37.0 cm³/mol. The summed E-state index contributed by atoms with van der Waals surface area (Å²) >= 11 is 4.65. The van der Waals surface area contributed by atoms with Gasteiger partial charge in [0.05, 0.1) is 0 Å². The summed E-state index contributed by atoms with van der Waals surface area (Å²) in [6.45, 7) is 3.43. The number of thiol groups is 1. The average molecular weight is 230 g/mol. The number of rotatable bonds is 2. The Morgan fingerprint density at radius 2 is 2.38 bits per heavy atom. The van der Waals surface area contributed by atoms with Gasteiger partial charge in [0, 0.05) is 26.8 Å². The minimum atomic E-state index is -0.153. The molecule has 0 aliphatic rings. The molecule has 0 aromatic carbocycles. The van der Waals surface area contributed by atoms with Crippen LogP contribution < -0.4 is 0 Å². The van der Waals surface area contributed by atoms with Crippen molar-refractivity contribution in [3.05, 3.63) is 12.7 Å². The third-order valence-electron chi connectivity index (χ3n) is 0.325. The van der Waals surface area contributed by atoms with E-state index in [2.05, 4.69) is 19.2 Å². The summed E-state index contributed by atoms with van der Waals surface area (Å²) in [5.74, 6) is 0.655. The van der Waals surface area contributed by atoms with Crippen LogP contribution in [0.25, 0.3) is 0 Å². The van der Waals surface area contributed by atoms with E-state index in [1.807, 2.05) is 0 Å². The Hall–Kier alpha value is 0.798. The molecule has 0 aromatic rings. The van der Waals surface area contributed by atoms with E-state index in [1.54, 1.807) is 6.08 Å². The van der Waals surface area contributed by atoms with Crippen LogP contribution in [-0.4, -0.2) is 10.2 Å². The third-order valence-corrected chi connectivity index (χ3v) is 1.36. The van der Waals surface area contributed by atoms with Crippen molar-refractivity contribution in [1.82, 2.24) is 0 Å². The zero-order valence-electron chi connectivity index (χ0n) is 4.16. The largest absolute Gasteiger partial charge is 0.275 e. The fraction of sp³-hybridized carbons (Fsp3) is 0.250. The fourth-order valence-electron chi connectivity index (χ4n) is 0.130. The van der Waals surface area contributed by atoms with Gasteiger partial charge < -0.3 is 0 Å². The number of hydrogen-bond acceptors (Lipinski definition) is 2. The Labute approximate surface area is 73.0 Å². The summed E-state index contributed by atoms with van der Waals surface area (Å²) in [6.07, 6.45) is 1.67. The van der Waals surface area contributed by atoms with Crippen molar-refractivity contribution in [1.29, 1.82) is 0 Å². The zero-order chi connectivity index (χ0) is 5.70. The van der Waals surface area contributed by atoms with Gasteiger partial charge >= 0.3 is 0 Å². The Balaban J connectivity index is 0. The van der Waals surface area contributed by atoms with E-state index in [1.165, 1.54) is 0 Å². The first-order chi connectivity index (χ1) is 3.27. The average Bonchev–Trinajstić information content (AvgIpc) is 1.61. The van der Waals surface area contributed by atoms with Crippen LogP contribution in [0, 0.1) is 0 Å². The molecular weight excluding hydrogens is 224 g/mol. The van der Waals surface area contributed by atoms with Crippen LogP contribution in [0.4, 0.5) is 4.79 Å². The monoisotopic (exact) mass is 232 g/mol. The maximum atomic E-state index is 9.98. The summed E-state index contributed by atoms with van der Waals surface area (Å²) in [7, 11) is 0. The van der Waals surface area contributed by atoms with Crippen LogP contribution in [0.2, 0.25) is 0 Å². The number of carbonyl (C=O) groups is 1. The number of thioether (sulfide) groups is 1. The molecule has 0 bridgehead atoms. The molecule has 1 nitrogen and oxygen atoms in total. The standard InChI is InChI=1S/C4H6OS2.Mo/c1-2-3-7-4(5)6;/h2H,1,3H2,(H,5,6);. The molecule has 0 heterocycles. The van der Waals surface area contributed by atoms with Gasteiger partial charge in [-0.2, -0.15) is 0 Å². The smallest absolute Gasteiger partial charge is 0.243 e. The van der Waals surface area contributed by atoms with Crippen LogP contribution in [0.1, 0.15) is 0 Å². The molecule has 4 heteroatoms. The van der Waals surface area contributed by atoms with Crippen molar-refractivity contribution in [3.63, 3.8) is 0 Å². The Morgan fingerprint density at radius 3 is 2.50 bits per heavy atom. The van der Waals surface area contributed by atoms with Gasteiger partial charge in [0.1, 0.15) is 0 Å². The van der Waals surface area contributed by atoms with Crippen molar-refractivity contribution < 1.29 is 25.9 Å². The Bertz CT molecular complexity index is 84.1. The SMILES string of the molecule is C=CCSC(=O)S.[Mo]. The minimum Gasteiger partial charge on any atom is -0.275 e. The van der Waals surface area contributed by atoms with E-state index in [-0.39, 0.29) is 25.5 Å². The maximum Gasteiger partial charge on any atom is 0.243 e. The molecule has 0 rings (SSSR count). The topological polar surface area (TPSA) is 17.1 Å². The number of carbonyl (C=O) groups excluding carboxylic acids is 1. The molecule has 0 fully saturated rings. The van der Waals surface area contributed by atoms with Crippen LogP contribution >= 0.6 is 24.4 Å². The summed E-state index contributed by atoms with van der Waals surface area (Å²) in [5, 5.41) is 0. The summed E-state index contributed by atoms with van der Waals surface area (Å²) in [4.78, 5) is 9.98. The van der Waals surface area contributed by atoms with Gasteiger partial charge in [-0.15, -0.1) is 6.58 Å². The first-order valence-corrected chi connectivity index (χ1v) is 3.17. The van der Waals surface area contributed by atoms with Crippen LogP contribution in [0.5, 0.6) is 0 Å². The summed E-state index contributed by atoms with van der Waals surface area (Å²) in [5.41, 5.74) is 0. The van der Waals surface area contributed by atoms with Crippen LogP contribution in [0.3, 0.4) is 0 Å². The summed E-state index contributed by atoms with van der Waals surface area (Å²) in [6, 6.07) is 0. The molecule has 0 spiro atoms. The minimum absolute atomic E-state index is 0. The third kappa shape index (κ3) is 9.93. The van der Waals surface area contributed by atoms with E-state index in [9.17, 15) is 4.79 Å². The fourth-order valence-corrected chi connectivity index (χ4v) is 0.614. The second-order valence-electron chi connectivity index (χ2n) is 0.866. The molecule has 0 saturated heterocycles. The second kappa shape index (κ2) is 7.80. The molecular formula is C4H6MoOS2. The number of hydrogen-bond donors (Lipinski definition) is 1. The van der Waals surface area contributed by atoms with Crippen molar-refractivity contribution in [2.75, 3.05) is 5.75 Å². The molecule has 0 amide bonds. The Kier molecular flexibility index (Phi) is 11.3. The van der Waals surface area contributed by atoms with E-state index in [0.717, 1.165) is 11.8 Å². The van der Waals surface area contributed by atoms with Gasteiger partial charge in [0.25, 0.3) is 0 Å². The summed E-state index contributed by atoms with van der Waals surface area (Å²) < 4.78 is -0.153. The molecule has 0 radical (unpaired) electrons. The van der Waals surface area contributed by atoms with Crippen LogP contribution in [0.15, 0.2) is 12.7 Å². The molecule has 0 aliphatic heterocycles. The molecule has 8 heavy (non-hydrogen) atoms. The van der Waals surface area contributed by atoms with Gasteiger partial charge in [-0.3, -0.25) is 4.79 Å². The molecule has 0 atom stereocenters. The molecule has 0 aliphatic carbocycles. The van der Waals surface area contributed by atoms with E-state index < -0.39 is 0 Å². The molecule has 46 valence electrons. The Morgan fingerprint density at radius 1 is 1.88 bits per heavy atom. The quantitative estimate of drug-likeness (QED) is 0.443. The maximum absolute atomic E-state index is 9.98. The molecule has 0 unspecified atom stereocenters. The van der Waals surface area contributed by atoms with E-state index in [4.69, 9.17) is 0 Å². The first kappa shape index (κ1) is 11.6. The zero-order valence-corrected chi connectivity index (χ0v) is 7.88. The first-order valence-electron chi connectivity index (χ1n) is 1.74. The van der Waals surface area contributed by atoms with Gasteiger partial charge in [0.2, 0.25) is 4.45 Å². The molecule has 0 saturated carbocycles. The predicted octanol–water partition coefficient (Wildman–Crippen LogP) is 1.95. The van der Waals surface area contributed by atoms with Crippen molar-refractivity contribution in [2.24, 2.45) is 0 Å². The second-order valence-corrected chi connectivity index (χ2v) is 2.57. The van der Waals surface area contributed by atoms with Gasteiger partial charge in [-0.05, 0) is 0 Å². The van der Waals surface area contributed by atoms with Crippen molar-refractivity contribution in [3.8, 4) is 0 Å². The van der Waals surface area contributed by atoms with Gasteiger partial charge in [0.15, 0.2) is 0 Å². The van der Waals surface area contributed by atoms with Crippen molar-refractivity contribution in [2.45, 2.75) is 0 Å². The normalized spacial score (nSPS) is 7.12. The molecule has 0 N–H and O–H groups in total. The van der Waals surface area contributed by atoms with Crippen molar-refractivity contribution >= 4 is 28.8 Å². The van der Waals surface area contributed by atoms with Gasteiger partial charge in [-0.25, -0.2) is 0 Å². The van der Waals surface area contributed by atoms with E-state index >= 15 is 0 Å².